The smallest absolute Gasteiger partial charge is 0.416 e. The molecular weight excluding hydrogens is 341 g/mol. The molecule has 1 aromatic carbocycles. The van der Waals surface area contributed by atoms with Crippen LogP contribution in [-0.2, 0) is 13.2 Å². The van der Waals surface area contributed by atoms with Crippen LogP contribution in [0.25, 0.3) is 11.3 Å². The topological polar surface area (TPSA) is 55.1 Å². The third-order valence-electron chi connectivity index (χ3n) is 2.66. The fraction of sp³-hybridized carbons (Fsp3) is 0.167. The predicted octanol–water partition coefficient (Wildman–Crippen LogP) is 3.57. The van der Waals surface area contributed by atoms with E-state index in [-0.39, 0.29) is 21.4 Å². The Hall–Kier alpha value is -1.83. The minimum Gasteiger partial charge on any atom is -0.476 e. The van der Waals surface area contributed by atoms with E-state index in [1.807, 2.05) is 0 Å². The van der Waals surface area contributed by atoms with Crippen LogP contribution in [0.1, 0.15) is 16.1 Å². The van der Waals surface area contributed by atoms with Gasteiger partial charge in [-0.2, -0.15) is 18.3 Å². The highest BCUT2D eigenvalue weighted by Crippen LogP contribution is 2.35. The number of alkyl halides is 3. The summed E-state index contributed by atoms with van der Waals surface area (Å²) in [5.41, 5.74) is -0.604. The molecule has 1 aromatic heterocycles. The maximum absolute atomic E-state index is 12.7. The first-order valence-corrected chi connectivity index (χ1v) is 6.14. The molecule has 20 heavy (non-hydrogen) atoms. The van der Waals surface area contributed by atoms with E-state index in [9.17, 15) is 18.0 Å². The number of carbonyl (C=O) groups is 1. The van der Waals surface area contributed by atoms with Crippen LogP contribution >= 0.6 is 15.9 Å². The Morgan fingerprint density at radius 3 is 2.55 bits per heavy atom. The minimum absolute atomic E-state index is 0.127. The number of hydrogen-bond acceptors (Lipinski definition) is 2. The summed E-state index contributed by atoms with van der Waals surface area (Å²) in [6.45, 7) is 0. The first-order valence-electron chi connectivity index (χ1n) is 5.35. The summed E-state index contributed by atoms with van der Waals surface area (Å²) in [7, 11) is 1.41. The monoisotopic (exact) mass is 348 g/mol. The molecule has 0 unspecified atom stereocenters. The van der Waals surface area contributed by atoms with Crippen molar-refractivity contribution in [2.24, 2.45) is 7.05 Å². The molecule has 0 radical (unpaired) electrons. The highest BCUT2D eigenvalue weighted by Gasteiger charge is 2.31. The summed E-state index contributed by atoms with van der Waals surface area (Å²) in [4.78, 5) is 11.0. The van der Waals surface area contributed by atoms with E-state index in [1.54, 1.807) is 0 Å². The van der Waals surface area contributed by atoms with E-state index < -0.39 is 17.7 Å². The molecule has 2 rings (SSSR count). The Kier molecular flexibility index (Phi) is 3.59. The Morgan fingerprint density at radius 2 is 2.05 bits per heavy atom. The minimum atomic E-state index is -4.47. The normalized spacial score (nSPS) is 11.7. The zero-order valence-corrected chi connectivity index (χ0v) is 11.7. The first-order chi connectivity index (χ1) is 9.21. The van der Waals surface area contributed by atoms with Crippen molar-refractivity contribution in [1.29, 1.82) is 0 Å². The van der Waals surface area contributed by atoms with Gasteiger partial charge in [-0.3, -0.25) is 4.68 Å². The molecule has 0 amide bonds. The Morgan fingerprint density at radius 1 is 1.40 bits per heavy atom. The van der Waals surface area contributed by atoms with Gasteiger partial charge in [0.1, 0.15) is 5.69 Å². The molecule has 1 heterocycles. The van der Waals surface area contributed by atoms with Gasteiger partial charge in [0.25, 0.3) is 0 Å². The van der Waals surface area contributed by atoms with Gasteiger partial charge < -0.3 is 5.11 Å². The van der Waals surface area contributed by atoms with Crippen LogP contribution in [0.5, 0.6) is 0 Å². The van der Waals surface area contributed by atoms with Gasteiger partial charge in [-0.25, -0.2) is 4.79 Å². The van der Waals surface area contributed by atoms with Crippen LogP contribution in [0.3, 0.4) is 0 Å². The molecule has 2 aromatic rings. The molecule has 1 N–H and O–H groups in total. The molecule has 0 fully saturated rings. The Balaban J connectivity index is 2.58. The van der Waals surface area contributed by atoms with Crippen molar-refractivity contribution in [3.63, 3.8) is 0 Å². The van der Waals surface area contributed by atoms with Crippen LogP contribution in [0.2, 0.25) is 0 Å². The number of hydrogen-bond donors (Lipinski definition) is 1. The number of aromatic nitrogens is 2. The van der Waals surface area contributed by atoms with Gasteiger partial charge in [-0.05, 0) is 28.1 Å². The first kappa shape index (κ1) is 14.6. The van der Waals surface area contributed by atoms with Crippen molar-refractivity contribution in [2.45, 2.75) is 6.18 Å². The summed E-state index contributed by atoms with van der Waals surface area (Å²) in [5, 5.41) is 13.0. The molecule has 0 saturated carbocycles. The maximum Gasteiger partial charge on any atom is 0.416 e. The number of aromatic carboxylic acids is 1. The zero-order valence-electron chi connectivity index (χ0n) is 10.1. The Labute approximate surface area is 120 Å². The fourth-order valence-electron chi connectivity index (χ4n) is 1.76. The number of halogens is 4. The third kappa shape index (κ3) is 2.55. The van der Waals surface area contributed by atoms with Crippen molar-refractivity contribution in [2.75, 3.05) is 0 Å². The van der Waals surface area contributed by atoms with Crippen molar-refractivity contribution >= 4 is 21.9 Å². The second kappa shape index (κ2) is 4.93. The number of rotatable bonds is 2. The second-order valence-corrected chi connectivity index (χ2v) is 4.81. The van der Waals surface area contributed by atoms with E-state index in [0.717, 1.165) is 16.8 Å². The van der Waals surface area contributed by atoms with E-state index in [0.29, 0.717) is 0 Å². The van der Waals surface area contributed by atoms with Gasteiger partial charge in [-0.15, -0.1) is 0 Å². The van der Waals surface area contributed by atoms with Gasteiger partial charge in [0.15, 0.2) is 5.69 Å². The molecule has 0 aliphatic heterocycles. The SMILES string of the molecule is Cn1nc(-c2cccc(C(F)(F)F)c2)c(Br)c1C(=O)O. The molecule has 0 bridgehead atoms. The molecule has 0 atom stereocenters. The van der Waals surface area contributed by atoms with Crippen molar-refractivity contribution in [3.05, 3.63) is 40.0 Å². The molecular formula is C12H8BrF3N2O2. The molecule has 0 spiro atoms. The van der Waals surface area contributed by atoms with E-state index in [2.05, 4.69) is 21.0 Å². The summed E-state index contributed by atoms with van der Waals surface area (Å²) < 4.78 is 39.2. The maximum atomic E-state index is 12.7. The van der Waals surface area contributed by atoms with Crippen molar-refractivity contribution in [3.8, 4) is 11.3 Å². The van der Waals surface area contributed by atoms with Crippen LogP contribution in [-0.4, -0.2) is 20.9 Å². The quantitative estimate of drug-likeness (QED) is 0.902. The average Bonchev–Trinajstić information content (AvgIpc) is 2.64. The van der Waals surface area contributed by atoms with Gasteiger partial charge in [0, 0.05) is 12.6 Å². The zero-order chi connectivity index (χ0) is 15.1. The molecule has 4 nitrogen and oxygen atoms in total. The number of nitrogens with zero attached hydrogens (tertiary/aromatic N) is 2. The van der Waals surface area contributed by atoms with Crippen LogP contribution in [0.15, 0.2) is 28.7 Å². The van der Waals surface area contributed by atoms with E-state index in [4.69, 9.17) is 5.11 Å². The highest BCUT2D eigenvalue weighted by atomic mass is 79.9. The van der Waals surface area contributed by atoms with Gasteiger partial charge in [0.05, 0.1) is 10.0 Å². The fourth-order valence-corrected chi connectivity index (χ4v) is 2.49. The Bertz CT molecular complexity index is 680. The number of aryl methyl sites for hydroxylation is 1. The molecule has 0 saturated heterocycles. The predicted molar refractivity (Wildman–Crippen MR) is 68.3 cm³/mol. The lowest BCUT2D eigenvalue weighted by molar-refractivity contribution is -0.137. The lowest BCUT2D eigenvalue weighted by atomic mass is 10.1. The molecule has 106 valence electrons. The largest absolute Gasteiger partial charge is 0.476 e. The molecule has 0 aliphatic carbocycles. The van der Waals surface area contributed by atoms with Crippen molar-refractivity contribution < 1.29 is 23.1 Å². The summed E-state index contributed by atoms with van der Waals surface area (Å²) in [6.07, 6.45) is -4.47. The number of benzene rings is 1. The van der Waals surface area contributed by atoms with Crippen LogP contribution in [0, 0.1) is 0 Å². The van der Waals surface area contributed by atoms with E-state index in [1.165, 1.54) is 19.2 Å². The summed E-state index contributed by atoms with van der Waals surface area (Å²) in [5.74, 6) is -1.22. The second-order valence-electron chi connectivity index (χ2n) is 4.02. The van der Waals surface area contributed by atoms with Gasteiger partial charge in [0.2, 0.25) is 0 Å². The summed E-state index contributed by atoms with van der Waals surface area (Å²) in [6, 6.07) is 4.56. The standard InChI is InChI=1S/C12H8BrF3N2O2/c1-18-10(11(19)20)8(13)9(17-18)6-3-2-4-7(5-6)12(14,15)16/h2-5H,1H3,(H,19,20). The molecule has 0 aliphatic rings. The van der Waals surface area contributed by atoms with Gasteiger partial charge in [-0.1, -0.05) is 12.1 Å². The third-order valence-corrected chi connectivity index (χ3v) is 3.41. The lowest BCUT2D eigenvalue weighted by Gasteiger charge is -2.07. The van der Waals surface area contributed by atoms with Crippen molar-refractivity contribution in [1.82, 2.24) is 9.78 Å². The summed E-state index contributed by atoms with van der Waals surface area (Å²) >= 11 is 3.07. The highest BCUT2D eigenvalue weighted by molar-refractivity contribution is 9.10. The average molecular weight is 349 g/mol. The van der Waals surface area contributed by atoms with Crippen LogP contribution in [0.4, 0.5) is 13.2 Å². The lowest BCUT2D eigenvalue weighted by Crippen LogP contribution is -2.05. The van der Waals surface area contributed by atoms with E-state index >= 15 is 0 Å². The van der Waals surface area contributed by atoms with Crippen LogP contribution < -0.4 is 0 Å². The van der Waals surface area contributed by atoms with Gasteiger partial charge >= 0.3 is 12.1 Å². The molecule has 8 heteroatoms. The number of carboxylic acid groups (broad SMARTS) is 1. The number of carboxylic acids is 1.